The predicted molar refractivity (Wildman–Crippen MR) is 97.3 cm³/mol. The van der Waals surface area contributed by atoms with E-state index in [-0.39, 0.29) is 18.4 Å². The van der Waals surface area contributed by atoms with Crippen molar-refractivity contribution in [2.75, 3.05) is 44.2 Å². The van der Waals surface area contributed by atoms with Gasteiger partial charge in [0, 0.05) is 43.5 Å². The zero-order chi connectivity index (χ0) is 16.8. The van der Waals surface area contributed by atoms with Gasteiger partial charge in [-0.3, -0.25) is 14.5 Å². The summed E-state index contributed by atoms with van der Waals surface area (Å²) in [5.74, 6) is 2.31. The van der Waals surface area contributed by atoms with E-state index in [0.717, 1.165) is 32.6 Å². The smallest absolute Gasteiger partial charge is 0.251 e. The number of nitrogens with one attached hydrogen (secondary N) is 1. The van der Waals surface area contributed by atoms with Crippen LogP contribution in [0, 0.1) is 0 Å². The molecule has 0 radical (unpaired) electrons. The molecule has 24 heavy (non-hydrogen) atoms. The van der Waals surface area contributed by atoms with Gasteiger partial charge in [-0.2, -0.15) is 11.8 Å². The first kappa shape index (κ1) is 17.3. The second-order valence-electron chi connectivity index (χ2n) is 6.34. The number of carbonyl (C=O) groups is 2. The van der Waals surface area contributed by atoms with Crippen LogP contribution in [0.25, 0.3) is 0 Å². The highest BCUT2D eigenvalue weighted by Crippen LogP contribution is 2.23. The van der Waals surface area contributed by atoms with E-state index in [9.17, 15) is 9.59 Å². The third-order valence-electron chi connectivity index (χ3n) is 4.74. The summed E-state index contributed by atoms with van der Waals surface area (Å²) in [6, 6.07) is 9.70. The number of hydrogen-bond acceptors (Lipinski definition) is 4. The van der Waals surface area contributed by atoms with Crippen LogP contribution in [0.5, 0.6) is 0 Å². The quantitative estimate of drug-likeness (QED) is 0.896. The molecule has 0 aliphatic carbocycles. The molecule has 2 aliphatic rings. The lowest BCUT2D eigenvalue weighted by Crippen LogP contribution is -2.43. The maximum Gasteiger partial charge on any atom is 0.251 e. The Bertz CT molecular complexity index is 561. The topological polar surface area (TPSA) is 52.7 Å². The third kappa shape index (κ3) is 4.51. The number of hydrogen-bond donors (Lipinski definition) is 1. The van der Waals surface area contributed by atoms with Gasteiger partial charge in [-0.1, -0.05) is 18.2 Å². The summed E-state index contributed by atoms with van der Waals surface area (Å²) in [5.41, 5.74) is 0.589. The summed E-state index contributed by atoms with van der Waals surface area (Å²) in [7, 11) is 0. The van der Waals surface area contributed by atoms with Gasteiger partial charge in [0.15, 0.2) is 0 Å². The molecule has 2 aliphatic heterocycles. The maximum absolute atomic E-state index is 12.4. The van der Waals surface area contributed by atoms with Crippen molar-refractivity contribution in [2.45, 2.75) is 18.9 Å². The van der Waals surface area contributed by atoms with Gasteiger partial charge in [-0.25, -0.2) is 0 Å². The minimum atomic E-state index is -0.191. The van der Waals surface area contributed by atoms with E-state index < -0.39 is 0 Å². The summed E-state index contributed by atoms with van der Waals surface area (Å²) < 4.78 is 0. The van der Waals surface area contributed by atoms with Crippen LogP contribution in [0.1, 0.15) is 23.2 Å². The highest BCUT2D eigenvalue weighted by molar-refractivity contribution is 7.99. The van der Waals surface area contributed by atoms with Crippen LogP contribution in [0.2, 0.25) is 0 Å². The SMILES string of the molecule is O=C(NCC(=O)N1CCCN(C2CCSC2)CC1)c1ccccc1. The number of benzene rings is 1. The minimum Gasteiger partial charge on any atom is -0.343 e. The summed E-state index contributed by atoms with van der Waals surface area (Å²) in [4.78, 5) is 28.9. The second-order valence-corrected chi connectivity index (χ2v) is 7.49. The molecule has 1 aromatic carbocycles. The molecule has 0 aromatic heterocycles. The lowest BCUT2D eigenvalue weighted by molar-refractivity contribution is -0.130. The van der Waals surface area contributed by atoms with E-state index in [1.54, 1.807) is 12.1 Å². The summed E-state index contributed by atoms with van der Waals surface area (Å²) in [6.07, 6.45) is 2.28. The van der Waals surface area contributed by atoms with Crippen LogP contribution in [0.4, 0.5) is 0 Å². The minimum absolute atomic E-state index is 0.0157. The van der Waals surface area contributed by atoms with Gasteiger partial charge in [0.1, 0.15) is 0 Å². The Balaban J connectivity index is 1.46. The molecular formula is C18H25N3O2S. The Morgan fingerprint density at radius 2 is 1.96 bits per heavy atom. The van der Waals surface area contributed by atoms with Crippen molar-refractivity contribution in [3.63, 3.8) is 0 Å². The fraction of sp³-hybridized carbons (Fsp3) is 0.556. The van der Waals surface area contributed by atoms with E-state index in [4.69, 9.17) is 0 Å². The first-order valence-electron chi connectivity index (χ1n) is 8.67. The lowest BCUT2D eigenvalue weighted by Gasteiger charge is -2.26. The first-order chi connectivity index (χ1) is 11.7. The Morgan fingerprint density at radius 3 is 2.71 bits per heavy atom. The van der Waals surface area contributed by atoms with Crippen LogP contribution < -0.4 is 5.32 Å². The normalized spacial score (nSPS) is 22.2. The number of amides is 2. The van der Waals surface area contributed by atoms with Gasteiger partial charge >= 0.3 is 0 Å². The largest absolute Gasteiger partial charge is 0.343 e. The van der Waals surface area contributed by atoms with Gasteiger partial charge in [0.05, 0.1) is 6.54 Å². The lowest BCUT2D eigenvalue weighted by atomic mass is 10.2. The highest BCUT2D eigenvalue weighted by atomic mass is 32.2. The van der Waals surface area contributed by atoms with Gasteiger partial charge in [-0.15, -0.1) is 0 Å². The van der Waals surface area contributed by atoms with Crippen molar-refractivity contribution in [1.29, 1.82) is 0 Å². The van der Waals surface area contributed by atoms with Crippen molar-refractivity contribution in [1.82, 2.24) is 15.1 Å². The zero-order valence-corrected chi connectivity index (χ0v) is 14.8. The van der Waals surface area contributed by atoms with Gasteiger partial charge in [-0.05, 0) is 30.7 Å². The molecule has 6 heteroatoms. The number of nitrogens with zero attached hydrogens (tertiary/aromatic N) is 2. The Hall–Kier alpha value is -1.53. The van der Waals surface area contributed by atoms with Crippen molar-refractivity contribution in [3.8, 4) is 0 Å². The molecule has 0 saturated carbocycles. The molecule has 2 amide bonds. The number of thioether (sulfide) groups is 1. The third-order valence-corrected chi connectivity index (χ3v) is 5.89. The monoisotopic (exact) mass is 347 g/mol. The van der Waals surface area contributed by atoms with Crippen LogP contribution >= 0.6 is 11.8 Å². The van der Waals surface area contributed by atoms with Crippen molar-refractivity contribution in [2.24, 2.45) is 0 Å². The molecule has 2 fully saturated rings. The van der Waals surface area contributed by atoms with E-state index in [2.05, 4.69) is 10.2 Å². The van der Waals surface area contributed by atoms with Crippen LogP contribution in [0.15, 0.2) is 30.3 Å². The van der Waals surface area contributed by atoms with Crippen molar-refractivity contribution >= 4 is 23.6 Å². The zero-order valence-electron chi connectivity index (χ0n) is 13.9. The molecule has 1 aromatic rings. The molecule has 1 atom stereocenters. The molecule has 0 bridgehead atoms. The van der Waals surface area contributed by atoms with Gasteiger partial charge < -0.3 is 10.2 Å². The molecular weight excluding hydrogens is 322 g/mol. The van der Waals surface area contributed by atoms with Gasteiger partial charge in [0.2, 0.25) is 5.91 Å². The standard InChI is InChI=1S/C18H25N3O2S/c22-17(13-19-18(23)15-5-2-1-3-6-15)21-9-4-8-20(10-11-21)16-7-12-24-14-16/h1-3,5-6,16H,4,7-14H2,(H,19,23). The molecule has 130 valence electrons. The summed E-state index contributed by atoms with van der Waals surface area (Å²) in [5, 5.41) is 2.74. The second kappa shape index (κ2) is 8.53. The van der Waals surface area contributed by atoms with E-state index in [0.29, 0.717) is 11.6 Å². The van der Waals surface area contributed by atoms with Crippen LogP contribution in [0.3, 0.4) is 0 Å². The first-order valence-corrected chi connectivity index (χ1v) is 9.82. The molecule has 5 nitrogen and oxygen atoms in total. The van der Waals surface area contributed by atoms with E-state index in [1.165, 1.54) is 17.9 Å². The molecule has 2 saturated heterocycles. The van der Waals surface area contributed by atoms with E-state index in [1.807, 2.05) is 34.9 Å². The number of rotatable bonds is 4. The van der Waals surface area contributed by atoms with Crippen molar-refractivity contribution in [3.05, 3.63) is 35.9 Å². The van der Waals surface area contributed by atoms with E-state index >= 15 is 0 Å². The molecule has 3 rings (SSSR count). The maximum atomic E-state index is 12.4. The highest BCUT2D eigenvalue weighted by Gasteiger charge is 2.26. The molecule has 2 heterocycles. The Labute approximate surface area is 147 Å². The average molecular weight is 347 g/mol. The molecule has 1 N–H and O–H groups in total. The summed E-state index contributed by atoms with van der Waals surface area (Å²) in [6.45, 7) is 3.65. The van der Waals surface area contributed by atoms with Crippen LogP contribution in [-0.4, -0.2) is 71.9 Å². The molecule has 1 unspecified atom stereocenters. The van der Waals surface area contributed by atoms with Crippen LogP contribution in [-0.2, 0) is 4.79 Å². The Morgan fingerprint density at radius 1 is 1.12 bits per heavy atom. The van der Waals surface area contributed by atoms with Gasteiger partial charge in [0.25, 0.3) is 5.91 Å². The molecule has 0 spiro atoms. The van der Waals surface area contributed by atoms with Crippen molar-refractivity contribution < 1.29 is 9.59 Å². The number of carbonyl (C=O) groups excluding carboxylic acids is 2. The predicted octanol–water partition coefficient (Wildman–Crippen LogP) is 1.46. The Kier molecular flexibility index (Phi) is 6.15. The summed E-state index contributed by atoms with van der Waals surface area (Å²) >= 11 is 2.03. The fourth-order valence-electron chi connectivity index (χ4n) is 3.32. The fourth-order valence-corrected chi connectivity index (χ4v) is 4.58. The average Bonchev–Trinajstić information content (AvgIpc) is 3.04.